The lowest BCUT2D eigenvalue weighted by atomic mass is 9.86. The van der Waals surface area contributed by atoms with Crippen LogP contribution in [0.5, 0.6) is 0 Å². The maximum absolute atomic E-state index is 12.4. The summed E-state index contributed by atoms with van der Waals surface area (Å²) in [5.41, 5.74) is 0.125. The van der Waals surface area contributed by atoms with E-state index in [1.165, 1.54) is 0 Å². The molecule has 1 fully saturated rings. The molecule has 1 aromatic heterocycles. The van der Waals surface area contributed by atoms with Crippen LogP contribution < -0.4 is 0 Å². The van der Waals surface area contributed by atoms with Crippen molar-refractivity contribution >= 4 is 5.97 Å². The summed E-state index contributed by atoms with van der Waals surface area (Å²) in [7, 11) is 0. The summed E-state index contributed by atoms with van der Waals surface area (Å²) in [6.45, 7) is 2.17. The van der Waals surface area contributed by atoms with E-state index in [0.29, 0.717) is 31.2 Å². The predicted octanol–water partition coefficient (Wildman–Crippen LogP) is 3.11. The Morgan fingerprint density at radius 1 is 1.29 bits per heavy atom. The number of carbonyl (C=O) groups is 1. The van der Waals surface area contributed by atoms with Gasteiger partial charge in [-0.25, -0.2) is 0 Å². The Balaban J connectivity index is 1.95. The molecule has 3 rings (SSSR count). The van der Waals surface area contributed by atoms with Gasteiger partial charge in [-0.05, 0) is 19.8 Å². The maximum atomic E-state index is 12.4. The normalized spacial score (nSPS) is 16.8. The largest absolute Gasteiger partial charge is 0.465 e. The maximum Gasteiger partial charge on any atom is 0.321 e. The first-order chi connectivity index (χ1) is 10.3. The second-order valence-electron chi connectivity index (χ2n) is 5.30. The van der Waals surface area contributed by atoms with Crippen molar-refractivity contribution in [3.63, 3.8) is 0 Å². The molecule has 0 aliphatic heterocycles. The highest BCUT2D eigenvalue weighted by molar-refractivity contribution is 5.82. The molecule has 0 N–H and O–H groups in total. The molecule has 5 nitrogen and oxygen atoms in total. The van der Waals surface area contributed by atoms with Crippen LogP contribution in [-0.4, -0.2) is 22.7 Å². The van der Waals surface area contributed by atoms with Crippen LogP contribution >= 0.6 is 0 Å². The number of aromatic nitrogens is 2. The summed E-state index contributed by atoms with van der Waals surface area (Å²) < 4.78 is 10.6. The molecule has 1 saturated carbocycles. The van der Waals surface area contributed by atoms with E-state index in [1.54, 1.807) is 0 Å². The molecule has 5 heteroatoms. The lowest BCUT2D eigenvalue weighted by Gasteiger charge is -2.21. The Morgan fingerprint density at radius 2 is 2.00 bits per heavy atom. The van der Waals surface area contributed by atoms with Gasteiger partial charge in [-0.2, -0.15) is 4.98 Å². The average Bonchev–Trinajstić information content (AvgIpc) is 3.18. The summed E-state index contributed by atoms with van der Waals surface area (Å²) in [5, 5.41) is 4.02. The van der Waals surface area contributed by atoms with Crippen LogP contribution in [0.25, 0.3) is 11.4 Å². The minimum Gasteiger partial charge on any atom is -0.465 e. The molecule has 21 heavy (non-hydrogen) atoms. The Bertz CT molecular complexity index is 615. The Morgan fingerprint density at radius 3 is 2.67 bits per heavy atom. The minimum absolute atomic E-state index is 0.245. The second-order valence-corrected chi connectivity index (χ2v) is 5.30. The molecule has 110 valence electrons. The fraction of sp³-hybridized carbons (Fsp3) is 0.438. The van der Waals surface area contributed by atoms with E-state index in [2.05, 4.69) is 10.1 Å². The molecule has 0 spiro atoms. The van der Waals surface area contributed by atoms with Crippen LogP contribution in [0.15, 0.2) is 34.9 Å². The zero-order chi connectivity index (χ0) is 14.7. The molecule has 0 radical (unpaired) electrons. The van der Waals surface area contributed by atoms with Gasteiger partial charge in [0.1, 0.15) is 5.41 Å². The van der Waals surface area contributed by atoms with Gasteiger partial charge >= 0.3 is 5.97 Å². The molecule has 0 unspecified atom stereocenters. The minimum atomic E-state index is -0.754. The number of ether oxygens (including phenoxy) is 1. The molecule has 1 aromatic carbocycles. The van der Waals surface area contributed by atoms with E-state index in [-0.39, 0.29) is 5.97 Å². The number of hydrogen-bond acceptors (Lipinski definition) is 5. The van der Waals surface area contributed by atoms with Crippen molar-refractivity contribution in [3.05, 3.63) is 36.2 Å². The van der Waals surface area contributed by atoms with E-state index >= 15 is 0 Å². The van der Waals surface area contributed by atoms with E-state index < -0.39 is 5.41 Å². The first-order valence-electron chi connectivity index (χ1n) is 7.33. The zero-order valence-electron chi connectivity index (χ0n) is 12.0. The molecule has 0 bridgehead atoms. The third-order valence-corrected chi connectivity index (χ3v) is 3.99. The molecule has 1 aliphatic rings. The van der Waals surface area contributed by atoms with Gasteiger partial charge in [-0.15, -0.1) is 0 Å². The van der Waals surface area contributed by atoms with E-state index in [4.69, 9.17) is 9.26 Å². The molecule has 0 amide bonds. The van der Waals surface area contributed by atoms with Gasteiger partial charge in [0.25, 0.3) is 0 Å². The standard InChI is InChI=1S/C16H18N2O3/c1-2-20-15(19)16(10-6-7-11-16)14-17-13(18-21-14)12-8-4-3-5-9-12/h3-5,8-9H,2,6-7,10-11H2,1H3. The molecule has 1 heterocycles. The summed E-state index contributed by atoms with van der Waals surface area (Å²) >= 11 is 0. The van der Waals surface area contributed by atoms with Crippen LogP contribution in [0, 0.1) is 0 Å². The molecule has 0 saturated heterocycles. The van der Waals surface area contributed by atoms with Crippen LogP contribution in [0.1, 0.15) is 38.5 Å². The molecule has 1 aliphatic carbocycles. The van der Waals surface area contributed by atoms with Gasteiger partial charge in [0.2, 0.25) is 11.7 Å². The quantitative estimate of drug-likeness (QED) is 0.808. The highest BCUT2D eigenvalue weighted by atomic mass is 16.5. The van der Waals surface area contributed by atoms with Crippen molar-refractivity contribution in [2.75, 3.05) is 6.61 Å². The van der Waals surface area contributed by atoms with Gasteiger partial charge < -0.3 is 9.26 Å². The molecular weight excluding hydrogens is 268 g/mol. The van der Waals surface area contributed by atoms with E-state index in [1.807, 2.05) is 37.3 Å². The smallest absolute Gasteiger partial charge is 0.321 e. The van der Waals surface area contributed by atoms with Crippen molar-refractivity contribution in [3.8, 4) is 11.4 Å². The number of esters is 1. The number of nitrogens with zero attached hydrogens (tertiary/aromatic N) is 2. The molecular formula is C16H18N2O3. The predicted molar refractivity (Wildman–Crippen MR) is 76.5 cm³/mol. The van der Waals surface area contributed by atoms with E-state index in [0.717, 1.165) is 18.4 Å². The summed E-state index contributed by atoms with van der Waals surface area (Å²) in [5.74, 6) is 0.657. The van der Waals surface area contributed by atoms with E-state index in [9.17, 15) is 4.79 Å². The number of rotatable bonds is 4. The summed E-state index contributed by atoms with van der Waals surface area (Å²) in [4.78, 5) is 16.8. The topological polar surface area (TPSA) is 65.2 Å². The van der Waals surface area contributed by atoms with Crippen molar-refractivity contribution in [2.45, 2.75) is 38.0 Å². The average molecular weight is 286 g/mol. The number of hydrogen-bond donors (Lipinski definition) is 0. The Labute approximate surface area is 123 Å². The van der Waals surface area contributed by atoms with Gasteiger partial charge in [0.15, 0.2) is 0 Å². The van der Waals surface area contributed by atoms with Gasteiger partial charge in [0.05, 0.1) is 6.61 Å². The number of carbonyl (C=O) groups excluding carboxylic acids is 1. The van der Waals surface area contributed by atoms with Gasteiger partial charge in [-0.3, -0.25) is 4.79 Å². The fourth-order valence-electron chi connectivity index (χ4n) is 2.88. The Kier molecular flexibility index (Phi) is 3.73. The third-order valence-electron chi connectivity index (χ3n) is 3.99. The van der Waals surface area contributed by atoms with Gasteiger partial charge in [0, 0.05) is 5.56 Å². The highest BCUT2D eigenvalue weighted by Crippen LogP contribution is 2.41. The fourth-order valence-corrected chi connectivity index (χ4v) is 2.88. The number of benzene rings is 1. The second kappa shape index (κ2) is 5.68. The SMILES string of the molecule is CCOC(=O)C1(c2nc(-c3ccccc3)no2)CCCC1. The van der Waals surface area contributed by atoms with Crippen LogP contribution in [-0.2, 0) is 14.9 Å². The zero-order valence-corrected chi connectivity index (χ0v) is 12.0. The van der Waals surface area contributed by atoms with Crippen LogP contribution in [0.3, 0.4) is 0 Å². The molecule has 0 atom stereocenters. The van der Waals surface area contributed by atoms with Crippen LogP contribution in [0.4, 0.5) is 0 Å². The third kappa shape index (κ3) is 2.44. The van der Waals surface area contributed by atoms with Crippen molar-refractivity contribution < 1.29 is 14.1 Å². The summed E-state index contributed by atoms with van der Waals surface area (Å²) in [6.07, 6.45) is 3.37. The highest BCUT2D eigenvalue weighted by Gasteiger charge is 2.49. The summed E-state index contributed by atoms with van der Waals surface area (Å²) in [6, 6.07) is 9.60. The monoisotopic (exact) mass is 286 g/mol. The van der Waals surface area contributed by atoms with Crippen molar-refractivity contribution in [2.24, 2.45) is 0 Å². The van der Waals surface area contributed by atoms with Crippen LogP contribution in [0.2, 0.25) is 0 Å². The lowest BCUT2D eigenvalue weighted by Crippen LogP contribution is -2.35. The Hall–Kier alpha value is -2.17. The first kappa shape index (κ1) is 13.8. The van der Waals surface area contributed by atoms with Crippen molar-refractivity contribution in [1.29, 1.82) is 0 Å². The first-order valence-corrected chi connectivity index (χ1v) is 7.33. The van der Waals surface area contributed by atoms with Crippen molar-refractivity contribution in [1.82, 2.24) is 10.1 Å². The molecule has 2 aromatic rings. The van der Waals surface area contributed by atoms with Gasteiger partial charge in [-0.1, -0.05) is 48.3 Å². The lowest BCUT2D eigenvalue weighted by molar-refractivity contribution is -0.151.